The highest BCUT2D eigenvalue weighted by molar-refractivity contribution is 8.05. The summed E-state index contributed by atoms with van der Waals surface area (Å²) in [6.07, 6.45) is 1.79. The second kappa shape index (κ2) is 10.8. The molecule has 0 atom stereocenters. The highest BCUT2D eigenvalue weighted by Crippen LogP contribution is 2.35. The zero-order valence-electron chi connectivity index (χ0n) is 21.9. The Kier molecular flexibility index (Phi) is 9.09. The summed E-state index contributed by atoms with van der Waals surface area (Å²) in [6.45, 7) is 10.9. The second-order valence-electron chi connectivity index (χ2n) is 10.0. The highest BCUT2D eigenvalue weighted by Gasteiger charge is 2.49. The van der Waals surface area contributed by atoms with E-state index in [0.29, 0.717) is 23.0 Å². The van der Waals surface area contributed by atoms with E-state index in [9.17, 15) is 38.4 Å². The van der Waals surface area contributed by atoms with Gasteiger partial charge in [0.05, 0.1) is 9.79 Å². The molecule has 0 spiro atoms. The smallest absolute Gasteiger partial charge is 0.486 e. The molecule has 0 aliphatic carbocycles. The van der Waals surface area contributed by atoms with Gasteiger partial charge in [0.25, 0.3) is 10.0 Å². The van der Waals surface area contributed by atoms with Gasteiger partial charge in [0.2, 0.25) is 9.84 Å². The van der Waals surface area contributed by atoms with Gasteiger partial charge in [-0.1, -0.05) is 50.4 Å². The zero-order valence-corrected chi connectivity index (χ0v) is 24.3. The first-order valence-electron chi connectivity index (χ1n) is 11.6. The van der Waals surface area contributed by atoms with Gasteiger partial charge in [-0.15, -0.1) is 0 Å². The van der Waals surface area contributed by atoms with E-state index in [-0.39, 0.29) is 10.3 Å². The van der Waals surface area contributed by atoms with Crippen LogP contribution in [-0.2, 0) is 35.3 Å². The summed E-state index contributed by atoms with van der Waals surface area (Å²) >= 11 is 0. The molecule has 0 bridgehead atoms. The molecule has 0 saturated carbocycles. The number of ether oxygens (including phenoxy) is 1. The summed E-state index contributed by atoms with van der Waals surface area (Å²) in [6, 6.07) is 8.55. The Morgan fingerprint density at radius 3 is 1.82 bits per heavy atom. The first-order chi connectivity index (χ1) is 17.1. The Hall–Kier alpha value is -2.16. The van der Waals surface area contributed by atoms with Crippen LogP contribution in [0.3, 0.4) is 0 Å². The van der Waals surface area contributed by atoms with Crippen LogP contribution in [0.15, 0.2) is 57.2 Å². The molecule has 2 aromatic rings. The van der Waals surface area contributed by atoms with Crippen LogP contribution in [0.5, 0.6) is 5.75 Å². The van der Waals surface area contributed by atoms with Crippen LogP contribution in [0.4, 0.5) is 13.2 Å². The predicted octanol–water partition coefficient (Wildman–Crippen LogP) is 5.29. The van der Waals surface area contributed by atoms with Gasteiger partial charge in [0, 0.05) is 0 Å². The van der Waals surface area contributed by atoms with Crippen molar-refractivity contribution in [1.29, 1.82) is 0 Å². The highest BCUT2D eigenvalue weighted by atomic mass is 32.3. The molecule has 2 rings (SSSR count). The molecule has 14 heteroatoms. The molecule has 0 aromatic heterocycles. The third kappa shape index (κ3) is 7.07. The third-order valence-corrected chi connectivity index (χ3v) is 11.1. The monoisotopic (exact) mass is 599 g/mol. The van der Waals surface area contributed by atoms with E-state index in [2.05, 4.69) is 0 Å². The van der Waals surface area contributed by atoms with E-state index in [1.165, 1.54) is 12.1 Å². The summed E-state index contributed by atoms with van der Waals surface area (Å²) in [5.74, 6) is -0.507. The molecule has 0 aliphatic heterocycles. The van der Waals surface area contributed by atoms with E-state index in [1.807, 2.05) is 27.7 Å². The maximum atomic E-state index is 13.3. The van der Waals surface area contributed by atoms with Crippen LogP contribution in [0.2, 0.25) is 0 Å². The summed E-state index contributed by atoms with van der Waals surface area (Å²) in [4.78, 5) is -1.84. The van der Waals surface area contributed by atoms with Crippen molar-refractivity contribution in [2.45, 2.75) is 92.0 Å². The van der Waals surface area contributed by atoms with Gasteiger partial charge in [-0.05, 0) is 68.0 Å². The standard InChI is InChI=1S/C24H32F3NO7S3/c1-7-15-23(5,6)35-20-14-13-19(16-21(20)37(31,32)28-38(33,34)24(25,26)27)36(29,30)18-11-9-17(10-12-18)22(3,4)8-2/h9-14,16,28H,7-8,15H2,1-6H3. The molecule has 0 aliphatic rings. The third-order valence-electron chi connectivity index (χ3n) is 6.11. The number of benzene rings is 2. The molecular weight excluding hydrogens is 567 g/mol. The number of nitrogens with one attached hydrogen (secondary N) is 1. The summed E-state index contributed by atoms with van der Waals surface area (Å²) in [7, 11) is -16.2. The minimum Gasteiger partial charge on any atom is -0.486 e. The van der Waals surface area contributed by atoms with Crippen LogP contribution < -0.4 is 8.86 Å². The van der Waals surface area contributed by atoms with E-state index in [4.69, 9.17) is 4.74 Å². The Morgan fingerprint density at radius 1 is 0.816 bits per heavy atom. The molecule has 0 amide bonds. The average molecular weight is 600 g/mol. The number of hydrogen-bond acceptors (Lipinski definition) is 7. The Balaban J connectivity index is 2.70. The van der Waals surface area contributed by atoms with Crippen molar-refractivity contribution >= 4 is 29.9 Å². The average Bonchev–Trinajstić information content (AvgIpc) is 2.77. The van der Waals surface area contributed by atoms with Crippen LogP contribution in [0.1, 0.15) is 66.4 Å². The van der Waals surface area contributed by atoms with Gasteiger partial charge in [0.1, 0.15) is 16.2 Å². The van der Waals surface area contributed by atoms with Crippen molar-refractivity contribution < 1.29 is 43.2 Å². The normalized spacial score (nSPS) is 13.9. The minimum atomic E-state index is -6.34. The van der Waals surface area contributed by atoms with Crippen LogP contribution in [0.25, 0.3) is 0 Å². The zero-order chi connectivity index (χ0) is 29.4. The number of hydrogen-bond donors (Lipinski definition) is 1. The number of alkyl halides is 3. The lowest BCUT2D eigenvalue weighted by molar-refractivity contribution is -0.0441. The van der Waals surface area contributed by atoms with Crippen molar-refractivity contribution in [2.75, 3.05) is 0 Å². The SMILES string of the molecule is CCCC(C)(C)Oc1ccc(S(=O)(=O)c2ccc(C(C)(C)CC)cc2)cc1S(=O)(=O)NS(=O)(=O)C(F)(F)F. The van der Waals surface area contributed by atoms with Crippen molar-refractivity contribution in [3.63, 3.8) is 0 Å². The molecule has 2 aromatic carbocycles. The largest absolute Gasteiger partial charge is 0.512 e. The molecule has 38 heavy (non-hydrogen) atoms. The molecule has 0 heterocycles. The van der Waals surface area contributed by atoms with Gasteiger partial charge < -0.3 is 4.74 Å². The number of sulfone groups is 1. The summed E-state index contributed by atoms with van der Waals surface area (Å²) in [5.41, 5.74) is -6.31. The van der Waals surface area contributed by atoms with Crippen molar-refractivity contribution in [1.82, 2.24) is 4.13 Å². The number of halogens is 3. The van der Waals surface area contributed by atoms with Crippen LogP contribution >= 0.6 is 0 Å². The van der Waals surface area contributed by atoms with E-state index in [1.54, 1.807) is 26.0 Å². The second-order valence-corrected chi connectivity index (χ2v) is 15.6. The van der Waals surface area contributed by atoms with Gasteiger partial charge in [-0.3, -0.25) is 0 Å². The molecule has 8 nitrogen and oxygen atoms in total. The molecule has 0 fully saturated rings. The Bertz CT molecular complexity index is 1480. The summed E-state index contributed by atoms with van der Waals surface area (Å²) < 4.78 is 121. The lowest BCUT2D eigenvalue weighted by Crippen LogP contribution is -2.40. The fraction of sp³-hybridized carbons (Fsp3) is 0.500. The van der Waals surface area contributed by atoms with Crippen molar-refractivity contribution in [3.05, 3.63) is 48.0 Å². The van der Waals surface area contributed by atoms with Gasteiger partial charge in [-0.25, -0.2) is 25.3 Å². The van der Waals surface area contributed by atoms with E-state index in [0.717, 1.165) is 24.1 Å². The molecule has 214 valence electrons. The maximum absolute atomic E-state index is 13.3. The minimum absolute atomic E-state index is 0.188. The van der Waals surface area contributed by atoms with Crippen LogP contribution in [0, 0.1) is 0 Å². The lowest BCUT2D eigenvalue weighted by atomic mass is 9.82. The Morgan fingerprint density at radius 2 is 1.34 bits per heavy atom. The van der Waals surface area contributed by atoms with Crippen molar-refractivity contribution in [3.8, 4) is 5.75 Å². The first kappa shape index (κ1) is 32.1. The molecule has 1 N–H and O–H groups in total. The molecule has 0 radical (unpaired) electrons. The van der Waals surface area contributed by atoms with Gasteiger partial charge in [0.15, 0.2) is 0 Å². The molecular formula is C24H32F3NO7S3. The van der Waals surface area contributed by atoms with E-state index >= 15 is 0 Å². The molecule has 0 saturated heterocycles. The molecule has 0 unspecified atom stereocenters. The quantitative estimate of drug-likeness (QED) is 0.372. The number of sulfonamides is 2. The van der Waals surface area contributed by atoms with Gasteiger partial charge >= 0.3 is 15.5 Å². The summed E-state index contributed by atoms with van der Waals surface area (Å²) in [5, 5.41) is 0. The number of rotatable bonds is 11. The maximum Gasteiger partial charge on any atom is 0.512 e. The fourth-order valence-electron chi connectivity index (χ4n) is 3.56. The predicted molar refractivity (Wildman–Crippen MR) is 137 cm³/mol. The fourth-order valence-corrected chi connectivity index (χ4v) is 7.47. The van der Waals surface area contributed by atoms with E-state index < -0.39 is 56.5 Å². The lowest BCUT2D eigenvalue weighted by Gasteiger charge is -2.27. The first-order valence-corrected chi connectivity index (χ1v) is 16.1. The Labute approximate surface area is 222 Å². The van der Waals surface area contributed by atoms with Gasteiger partial charge in [-0.2, -0.15) is 13.2 Å². The topological polar surface area (TPSA) is 124 Å². The van der Waals surface area contributed by atoms with Crippen LogP contribution in [-0.4, -0.2) is 36.4 Å². The van der Waals surface area contributed by atoms with Crippen molar-refractivity contribution in [2.24, 2.45) is 0 Å².